The summed E-state index contributed by atoms with van der Waals surface area (Å²) in [6.45, 7) is 2.61. The van der Waals surface area contributed by atoms with Crippen molar-refractivity contribution in [1.82, 2.24) is 0 Å². The summed E-state index contributed by atoms with van der Waals surface area (Å²) in [6, 6.07) is 6.00. The minimum Gasteiger partial charge on any atom is -0.374 e. The number of halogens is 1. The molecule has 0 bridgehead atoms. The molecule has 1 nitrogen and oxygen atoms in total. The molecule has 0 aliphatic heterocycles. The Morgan fingerprint density at radius 1 is 1.58 bits per heavy atom. The first-order valence-electron chi connectivity index (χ1n) is 3.68. The standard InChI is InChI=1S/C10H10BrN/c1-3-7-12-10-6-4-5-9(11)8(10)2/h1,4-6,12H,7H2,2H3. The van der Waals surface area contributed by atoms with Gasteiger partial charge in [0.2, 0.25) is 0 Å². The lowest BCUT2D eigenvalue weighted by molar-refractivity contribution is 1.32. The van der Waals surface area contributed by atoms with Crippen LogP contribution in [0.5, 0.6) is 0 Å². The predicted octanol–water partition coefficient (Wildman–Crippen LogP) is 2.80. The van der Waals surface area contributed by atoms with E-state index in [0.29, 0.717) is 6.54 Å². The van der Waals surface area contributed by atoms with Gasteiger partial charge in [0.15, 0.2) is 0 Å². The maximum Gasteiger partial charge on any atom is 0.0763 e. The number of terminal acetylenes is 1. The summed E-state index contributed by atoms with van der Waals surface area (Å²) in [5.41, 5.74) is 2.27. The molecule has 1 rings (SSSR count). The van der Waals surface area contributed by atoms with Crippen molar-refractivity contribution in [2.45, 2.75) is 6.92 Å². The smallest absolute Gasteiger partial charge is 0.0763 e. The summed E-state index contributed by atoms with van der Waals surface area (Å²) >= 11 is 3.45. The third kappa shape index (κ3) is 2.02. The third-order valence-corrected chi connectivity index (χ3v) is 2.51. The first-order chi connectivity index (χ1) is 5.75. The normalized spacial score (nSPS) is 9.08. The Bertz CT molecular complexity index is 312. The Balaban J connectivity index is 2.86. The second kappa shape index (κ2) is 4.18. The Morgan fingerprint density at radius 3 is 3.00 bits per heavy atom. The summed E-state index contributed by atoms with van der Waals surface area (Å²) in [5, 5.41) is 3.14. The van der Waals surface area contributed by atoms with Gasteiger partial charge < -0.3 is 5.32 Å². The SMILES string of the molecule is C#CCNc1cccc(Br)c1C. The average Bonchev–Trinajstić information content (AvgIpc) is 2.08. The van der Waals surface area contributed by atoms with Gasteiger partial charge in [-0.1, -0.05) is 27.9 Å². The Hall–Kier alpha value is -0.940. The topological polar surface area (TPSA) is 12.0 Å². The second-order valence-corrected chi connectivity index (χ2v) is 3.32. The van der Waals surface area contributed by atoms with Gasteiger partial charge in [0.1, 0.15) is 0 Å². The van der Waals surface area contributed by atoms with Crippen LogP contribution in [0.1, 0.15) is 5.56 Å². The van der Waals surface area contributed by atoms with Crippen LogP contribution in [0.25, 0.3) is 0 Å². The Labute approximate surface area is 81.3 Å². The van der Waals surface area contributed by atoms with E-state index in [2.05, 4.69) is 27.2 Å². The van der Waals surface area contributed by atoms with Crippen LogP contribution in [0.4, 0.5) is 5.69 Å². The van der Waals surface area contributed by atoms with Gasteiger partial charge in [0, 0.05) is 10.2 Å². The van der Waals surface area contributed by atoms with Gasteiger partial charge in [-0.15, -0.1) is 6.42 Å². The van der Waals surface area contributed by atoms with E-state index in [1.807, 2.05) is 25.1 Å². The zero-order chi connectivity index (χ0) is 8.97. The summed E-state index contributed by atoms with van der Waals surface area (Å²) in [4.78, 5) is 0. The summed E-state index contributed by atoms with van der Waals surface area (Å²) < 4.78 is 1.10. The Kier molecular flexibility index (Phi) is 3.19. The fourth-order valence-electron chi connectivity index (χ4n) is 0.945. The lowest BCUT2D eigenvalue weighted by atomic mass is 10.2. The lowest BCUT2D eigenvalue weighted by Gasteiger charge is -2.07. The van der Waals surface area contributed by atoms with E-state index in [4.69, 9.17) is 6.42 Å². The van der Waals surface area contributed by atoms with Crippen molar-refractivity contribution in [2.75, 3.05) is 11.9 Å². The van der Waals surface area contributed by atoms with Crippen molar-refractivity contribution >= 4 is 21.6 Å². The van der Waals surface area contributed by atoms with Gasteiger partial charge >= 0.3 is 0 Å². The van der Waals surface area contributed by atoms with E-state index >= 15 is 0 Å². The zero-order valence-electron chi connectivity index (χ0n) is 6.89. The van der Waals surface area contributed by atoms with Crippen molar-refractivity contribution < 1.29 is 0 Å². The highest BCUT2D eigenvalue weighted by Crippen LogP contribution is 2.22. The van der Waals surface area contributed by atoms with Gasteiger partial charge in [-0.25, -0.2) is 0 Å². The van der Waals surface area contributed by atoms with E-state index in [0.717, 1.165) is 10.2 Å². The van der Waals surface area contributed by atoms with Crippen LogP contribution in [0, 0.1) is 19.3 Å². The molecular formula is C10H10BrN. The van der Waals surface area contributed by atoms with Gasteiger partial charge in [-0.3, -0.25) is 0 Å². The molecule has 0 fully saturated rings. The van der Waals surface area contributed by atoms with E-state index < -0.39 is 0 Å². The molecule has 0 aromatic heterocycles. The van der Waals surface area contributed by atoms with Crippen LogP contribution < -0.4 is 5.32 Å². The molecule has 0 saturated heterocycles. The molecule has 1 aromatic rings. The van der Waals surface area contributed by atoms with E-state index in [-0.39, 0.29) is 0 Å². The number of hydrogen-bond donors (Lipinski definition) is 1. The second-order valence-electron chi connectivity index (χ2n) is 2.47. The molecule has 62 valence electrons. The highest BCUT2D eigenvalue weighted by atomic mass is 79.9. The Morgan fingerprint density at radius 2 is 2.33 bits per heavy atom. The molecule has 12 heavy (non-hydrogen) atoms. The van der Waals surface area contributed by atoms with Gasteiger partial charge in [-0.2, -0.15) is 0 Å². The molecule has 1 N–H and O–H groups in total. The van der Waals surface area contributed by atoms with Crippen molar-refractivity contribution in [2.24, 2.45) is 0 Å². The first kappa shape index (κ1) is 9.15. The van der Waals surface area contributed by atoms with E-state index in [1.165, 1.54) is 5.56 Å². The molecule has 1 aromatic carbocycles. The van der Waals surface area contributed by atoms with Gasteiger partial charge in [0.25, 0.3) is 0 Å². The molecule has 0 radical (unpaired) electrons. The minimum atomic E-state index is 0.567. The van der Waals surface area contributed by atoms with Crippen molar-refractivity contribution in [3.8, 4) is 12.3 Å². The van der Waals surface area contributed by atoms with Crippen LogP contribution in [0.2, 0.25) is 0 Å². The number of hydrogen-bond acceptors (Lipinski definition) is 1. The predicted molar refractivity (Wildman–Crippen MR) is 56.2 cm³/mol. The molecule has 0 amide bonds. The number of rotatable bonds is 2. The highest BCUT2D eigenvalue weighted by Gasteiger charge is 1.98. The monoisotopic (exact) mass is 223 g/mol. The third-order valence-electron chi connectivity index (χ3n) is 1.65. The highest BCUT2D eigenvalue weighted by molar-refractivity contribution is 9.10. The average molecular weight is 224 g/mol. The van der Waals surface area contributed by atoms with Crippen LogP contribution in [0.3, 0.4) is 0 Å². The lowest BCUT2D eigenvalue weighted by Crippen LogP contribution is -2.00. The fraction of sp³-hybridized carbons (Fsp3) is 0.200. The molecule has 0 unspecified atom stereocenters. The largest absolute Gasteiger partial charge is 0.374 e. The van der Waals surface area contributed by atoms with Gasteiger partial charge in [0.05, 0.1) is 6.54 Å². The van der Waals surface area contributed by atoms with Gasteiger partial charge in [-0.05, 0) is 24.6 Å². The molecule has 0 saturated carbocycles. The first-order valence-corrected chi connectivity index (χ1v) is 4.47. The van der Waals surface area contributed by atoms with Crippen LogP contribution in [-0.4, -0.2) is 6.54 Å². The molecule has 0 aliphatic rings. The van der Waals surface area contributed by atoms with Crippen LogP contribution >= 0.6 is 15.9 Å². The minimum absolute atomic E-state index is 0.567. The number of nitrogens with one attached hydrogen (secondary N) is 1. The molecule has 0 heterocycles. The summed E-state index contributed by atoms with van der Waals surface area (Å²) in [6.07, 6.45) is 5.14. The van der Waals surface area contributed by atoms with Crippen molar-refractivity contribution in [3.05, 3.63) is 28.2 Å². The van der Waals surface area contributed by atoms with Crippen LogP contribution in [0.15, 0.2) is 22.7 Å². The quantitative estimate of drug-likeness (QED) is 0.761. The summed E-state index contributed by atoms with van der Waals surface area (Å²) in [5.74, 6) is 2.54. The maximum atomic E-state index is 5.14. The maximum absolute atomic E-state index is 5.14. The van der Waals surface area contributed by atoms with Crippen molar-refractivity contribution in [3.63, 3.8) is 0 Å². The van der Waals surface area contributed by atoms with E-state index in [1.54, 1.807) is 0 Å². The molecule has 0 spiro atoms. The molecule has 0 aliphatic carbocycles. The molecule has 2 heteroatoms. The van der Waals surface area contributed by atoms with Crippen LogP contribution in [-0.2, 0) is 0 Å². The summed E-state index contributed by atoms with van der Waals surface area (Å²) in [7, 11) is 0. The molecular weight excluding hydrogens is 214 g/mol. The van der Waals surface area contributed by atoms with E-state index in [9.17, 15) is 0 Å². The number of anilines is 1. The molecule has 0 atom stereocenters. The van der Waals surface area contributed by atoms with Crippen molar-refractivity contribution in [1.29, 1.82) is 0 Å². The number of benzene rings is 1. The zero-order valence-corrected chi connectivity index (χ0v) is 8.48. The fourth-order valence-corrected chi connectivity index (χ4v) is 1.31.